The number of alkyl halides is 2. The molecule has 0 aromatic carbocycles. The van der Waals surface area contributed by atoms with Crippen molar-refractivity contribution in [2.24, 2.45) is 0 Å². The van der Waals surface area contributed by atoms with Crippen molar-refractivity contribution in [1.82, 2.24) is 9.88 Å². The minimum Gasteiger partial charge on any atom is -0.395 e. The zero-order chi connectivity index (χ0) is 14.3. The average Bonchev–Trinajstić information content (AvgIpc) is 2.38. The van der Waals surface area contributed by atoms with E-state index in [1.807, 2.05) is 6.92 Å². The summed E-state index contributed by atoms with van der Waals surface area (Å²) in [6.45, 7) is 1.19. The SMILES string of the molecule is CCNc1ncccc1C(=O)N(CCO)CC(F)F. The van der Waals surface area contributed by atoms with Gasteiger partial charge in [-0.2, -0.15) is 0 Å². The molecule has 1 amide bonds. The van der Waals surface area contributed by atoms with Crippen LogP contribution >= 0.6 is 0 Å². The van der Waals surface area contributed by atoms with Gasteiger partial charge in [-0.1, -0.05) is 0 Å². The summed E-state index contributed by atoms with van der Waals surface area (Å²) in [7, 11) is 0. The second-order valence-corrected chi connectivity index (χ2v) is 3.80. The van der Waals surface area contributed by atoms with Gasteiger partial charge in [0.15, 0.2) is 0 Å². The van der Waals surface area contributed by atoms with Crippen LogP contribution in [0.25, 0.3) is 0 Å². The Morgan fingerprint density at radius 3 is 2.89 bits per heavy atom. The van der Waals surface area contributed by atoms with Gasteiger partial charge in [0.1, 0.15) is 5.82 Å². The van der Waals surface area contributed by atoms with E-state index in [-0.39, 0.29) is 18.7 Å². The van der Waals surface area contributed by atoms with Gasteiger partial charge in [-0.05, 0) is 19.1 Å². The van der Waals surface area contributed by atoms with Gasteiger partial charge >= 0.3 is 0 Å². The number of amides is 1. The molecule has 0 bridgehead atoms. The second-order valence-electron chi connectivity index (χ2n) is 3.80. The van der Waals surface area contributed by atoms with E-state index in [9.17, 15) is 13.6 Å². The van der Waals surface area contributed by atoms with Gasteiger partial charge in [0.05, 0.1) is 18.7 Å². The lowest BCUT2D eigenvalue weighted by atomic mass is 10.2. The van der Waals surface area contributed by atoms with Crippen LogP contribution in [0, 0.1) is 0 Å². The quantitative estimate of drug-likeness (QED) is 0.784. The van der Waals surface area contributed by atoms with Crippen LogP contribution in [0.3, 0.4) is 0 Å². The lowest BCUT2D eigenvalue weighted by Crippen LogP contribution is -2.37. The summed E-state index contributed by atoms with van der Waals surface area (Å²) in [6, 6.07) is 3.08. The Morgan fingerprint density at radius 1 is 1.58 bits per heavy atom. The van der Waals surface area contributed by atoms with Crippen molar-refractivity contribution >= 4 is 11.7 Å². The largest absolute Gasteiger partial charge is 0.395 e. The number of halogens is 2. The third-order valence-electron chi connectivity index (χ3n) is 2.40. The third-order valence-corrected chi connectivity index (χ3v) is 2.40. The molecule has 0 aliphatic rings. The molecule has 0 aliphatic carbocycles. The Hall–Kier alpha value is -1.76. The lowest BCUT2D eigenvalue weighted by molar-refractivity contribution is 0.0509. The predicted octanol–water partition coefficient (Wildman–Crippen LogP) is 1.21. The third kappa shape index (κ3) is 4.44. The molecule has 2 N–H and O–H groups in total. The number of pyridine rings is 1. The van der Waals surface area contributed by atoms with Gasteiger partial charge in [0.25, 0.3) is 12.3 Å². The number of carbonyl (C=O) groups is 1. The first-order valence-electron chi connectivity index (χ1n) is 5.97. The normalized spacial score (nSPS) is 10.6. The van der Waals surface area contributed by atoms with Crippen molar-refractivity contribution in [3.05, 3.63) is 23.9 Å². The van der Waals surface area contributed by atoms with E-state index in [2.05, 4.69) is 10.3 Å². The van der Waals surface area contributed by atoms with Crippen LogP contribution in [0.15, 0.2) is 18.3 Å². The van der Waals surface area contributed by atoms with Crippen LogP contribution in [0.5, 0.6) is 0 Å². The number of anilines is 1. The summed E-state index contributed by atoms with van der Waals surface area (Å²) in [5, 5.41) is 11.7. The van der Waals surface area contributed by atoms with Crippen molar-refractivity contribution in [2.45, 2.75) is 13.3 Å². The van der Waals surface area contributed by atoms with Crippen molar-refractivity contribution in [3.63, 3.8) is 0 Å². The van der Waals surface area contributed by atoms with Crippen LogP contribution in [-0.2, 0) is 0 Å². The molecule has 106 valence electrons. The van der Waals surface area contributed by atoms with E-state index in [0.29, 0.717) is 12.4 Å². The monoisotopic (exact) mass is 273 g/mol. The topological polar surface area (TPSA) is 65.5 Å². The molecule has 1 rings (SSSR count). The van der Waals surface area contributed by atoms with Gasteiger partial charge in [-0.3, -0.25) is 4.79 Å². The zero-order valence-corrected chi connectivity index (χ0v) is 10.6. The molecule has 1 heterocycles. The van der Waals surface area contributed by atoms with E-state index in [0.717, 1.165) is 4.90 Å². The molecule has 0 saturated heterocycles. The zero-order valence-electron chi connectivity index (χ0n) is 10.6. The molecule has 0 aliphatic heterocycles. The molecule has 0 saturated carbocycles. The molecular weight excluding hydrogens is 256 g/mol. The Balaban J connectivity index is 2.95. The van der Waals surface area contributed by atoms with E-state index in [1.165, 1.54) is 12.3 Å². The van der Waals surface area contributed by atoms with Crippen LogP contribution < -0.4 is 5.32 Å². The number of nitrogens with one attached hydrogen (secondary N) is 1. The number of nitrogens with zero attached hydrogens (tertiary/aromatic N) is 2. The summed E-state index contributed by atoms with van der Waals surface area (Å²) in [5.41, 5.74) is 0.221. The Kier molecular flexibility index (Phi) is 6.14. The first-order chi connectivity index (χ1) is 9.10. The summed E-state index contributed by atoms with van der Waals surface area (Å²) in [6.07, 6.45) is -1.13. The number of rotatable bonds is 7. The number of aliphatic hydroxyl groups excluding tert-OH is 1. The highest BCUT2D eigenvalue weighted by molar-refractivity contribution is 5.98. The smallest absolute Gasteiger partial charge is 0.257 e. The number of aromatic nitrogens is 1. The molecule has 1 aromatic heterocycles. The van der Waals surface area contributed by atoms with Gasteiger partial charge in [-0.15, -0.1) is 0 Å². The molecule has 0 spiro atoms. The molecule has 7 heteroatoms. The molecule has 0 atom stereocenters. The van der Waals surface area contributed by atoms with Gasteiger partial charge in [0, 0.05) is 19.3 Å². The van der Waals surface area contributed by atoms with Crippen LogP contribution in [0.1, 0.15) is 17.3 Å². The second kappa shape index (κ2) is 7.63. The van der Waals surface area contributed by atoms with Crippen molar-refractivity contribution in [1.29, 1.82) is 0 Å². The first-order valence-corrected chi connectivity index (χ1v) is 5.97. The predicted molar refractivity (Wildman–Crippen MR) is 67.4 cm³/mol. The Morgan fingerprint density at radius 2 is 2.32 bits per heavy atom. The average molecular weight is 273 g/mol. The van der Waals surface area contributed by atoms with E-state index in [4.69, 9.17) is 5.11 Å². The fourth-order valence-corrected chi connectivity index (χ4v) is 1.62. The van der Waals surface area contributed by atoms with E-state index in [1.54, 1.807) is 6.07 Å². The first kappa shape index (κ1) is 15.3. The standard InChI is InChI=1S/C12H17F2N3O2/c1-2-15-11-9(4-3-5-16-11)12(19)17(6-7-18)8-10(13)14/h3-5,10,18H,2,6-8H2,1H3,(H,15,16). The minimum absolute atomic E-state index is 0.135. The highest BCUT2D eigenvalue weighted by Crippen LogP contribution is 2.15. The van der Waals surface area contributed by atoms with Crippen molar-refractivity contribution in [3.8, 4) is 0 Å². The molecule has 0 radical (unpaired) electrons. The van der Waals surface area contributed by atoms with Gasteiger partial charge in [-0.25, -0.2) is 13.8 Å². The highest BCUT2D eigenvalue weighted by atomic mass is 19.3. The lowest BCUT2D eigenvalue weighted by Gasteiger charge is -2.22. The molecule has 0 fully saturated rings. The number of aliphatic hydroxyl groups is 1. The summed E-state index contributed by atoms with van der Waals surface area (Å²) in [4.78, 5) is 17.1. The maximum Gasteiger partial charge on any atom is 0.257 e. The van der Waals surface area contributed by atoms with Gasteiger partial charge < -0.3 is 15.3 Å². The van der Waals surface area contributed by atoms with Crippen LogP contribution in [0.2, 0.25) is 0 Å². The highest BCUT2D eigenvalue weighted by Gasteiger charge is 2.21. The summed E-state index contributed by atoms with van der Waals surface area (Å²) >= 11 is 0. The van der Waals surface area contributed by atoms with Crippen LogP contribution in [-0.4, -0.2) is 53.6 Å². The number of hydrogen-bond acceptors (Lipinski definition) is 4. The fourth-order valence-electron chi connectivity index (χ4n) is 1.62. The molecule has 19 heavy (non-hydrogen) atoms. The van der Waals surface area contributed by atoms with Crippen molar-refractivity contribution in [2.75, 3.05) is 31.6 Å². The number of carbonyl (C=O) groups excluding carboxylic acids is 1. The Labute approximate surface area is 110 Å². The Bertz CT molecular complexity index is 416. The van der Waals surface area contributed by atoms with Crippen LogP contribution in [0.4, 0.5) is 14.6 Å². The molecular formula is C12H17F2N3O2. The molecule has 5 nitrogen and oxygen atoms in total. The maximum atomic E-state index is 12.4. The summed E-state index contributed by atoms with van der Waals surface area (Å²) in [5.74, 6) is -0.217. The molecule has 1 aromatic rings. The number of hydrogen-bond donors (Lipinski definition) is 2. The van der Waals surface area contributed by atoms with Crippen molar-refractivity contribution < 1.29 is 18.7 Å². The minimum atomic E-state index is -2.64. The van der Waals surface area contributed by atoms with E-state index < -0.39 is 18.9 Å². The van der Waals surface area contributed by atoms with E-state index >= 15 is 0 Å². The maximum absolute atomic E-state index is 12.4. The fraction of sp³-hybridized carbons (Fsp3) is 0.500. The van der Waals surface area contributed by atoms with Gasteiger partial charge in [0.2, 0.25) is 0 Å². The summed E-state index contributed by atoms with van der Waals surface area (Å²) < 4.78 is 24.9. The molecule has 0 unspecified atom stereocenters.